The number of hydrogen-bond donors (Lipinski definition) is 0. The Labute approximate surface area is 131 Å². The highest BCUT2D eigenvalue weighted by Crippen LogP contribution is 2.31. The molecule has 0 radical (unpaired) electrons. The van der Waals surface area contributed by atoms with Crippen LogP contribution in [-0.2, 0) is 16.6 Å². The molecule has 0 atom stereocenters. The fraction of sp³-hybridized carbons (Fsp3) is 0.133. The Bertz CT molecular complexity index is 867. The van der Waals surface area contributed by atoms with E-state index in [2.05, 4.69) is 4.74 Å². The van der Waals surface area contributed by atoms with E-state index < -0.39 is 22.5 Å². The van der Waals surface area contributed by atoms with Gasteiger partial charge in [-0.05, 0) is 29.8 Å². The highest BCUT2D eigenvalue weighted by Gasteiger charge is 2.40. The monoisotopic (exact) mass is 339 g/mol. The minimum Gasteiger partial charge on any atom is -0.435 e. The van der Waals surface area contributed by atoms with Gasteiger partial charge in [-0.2, -0.15) is 8.78 Å². The van der Waals surface area contributed by atoms with Gasteiger partial charge < -0.3 is 4.74 Å². The van der Waals surface area contributed by atoms with Gasteiger partial charge in [0.05, 0.1) is 12.1 Å². The first-order valence-electron chi connectivity index (χ1n) is 6.59. The van der Waals surface area contributed by atoms with Gasteiger partial charge in [0, 0.05) is 0 Å². The smallest absolute Gasteiger partial charge is 0.387 e. The van der Waals surface area contributed by atoms with Crippen LogP contribution in [0.25, 0.3) is 0 Å². The molecule has 5 nitrogen and oxygen atoms in total. The number of rotatable bonds is 4. The van der Waals surface area contributed by atoms with Gasteiger partial charge in [-0.1, -0.05) is 24.3 Å². The SMILES string of the molecule is O=C1c2ccccc2S(=O)(=O)N1Cc1cccc(OC(F)F)c1. The zero-order valence-electron chi connectivity index (χ0n) is 11.6. The van der Waals surface area contributed by atoms with E-state index in [1.54, 1.807) is 6.07 Å². The molecule has 0 fully saturated rings. The first-order chi connectivity index (χ1) is 10.9. The normalized spacial score (nSPS) is 15.8. The van der Waals surface area contributed by atoms with Crippen LogP contribution in [0.4, 0.5) is 8.78 Å². The maximum Gasteiger partial charge on any atom is 0.387 e. The Balaban J connectivity index is 1.91. The van der Waals surface area contributed by atoms with E-state index >= 15 is 0 Å². The Morgan fingerprint density at radius 2 is 1.83 bits per heavy atom. The molecule has 1 aliphatic rings. The third kappa shape index (κ3) is 2.77. The molecular formula is C15H11F2NO4S. The van der Waals surface area contributed by atoms with Crippen LogP contribution in [-0.4, -0.2) is 25.2 Å². The van der Waals surface area contributed by atoms with Gasteiger partial charge in [-0.15, -0.1) is 0 Å². The maximum absolute atomic E-state index is 12.4. The highest BCUT2D eigenvalue weighted by molar-refractivity contribution is 7.90. The number of sulfonamides is 1. The number of benzene rings is 2. The predicted molar refractivity (Wildman–Crippen MR) is 76.6 cm³/mol. The number of carbonyl (C=O) groups is 1. The molecule has 0 saturated carbocycles. The van der Waals surface area contributed by atoms with Crippen molar-refractivity contribution in [2.24, 2.45) is 0 Å². The molecule has 0 spiro atoms. The molecule has 8 heteroatoms. The Kier molecular flexibility index (Phi) is 3.77. The molecule has 1 heterocycles. The molecule has 0 saturated heterocycles. The zero-order chi connectivity index (χ0) is 16.6. The van der Waals surface area contributed by atoms with Crippen molar-refractivity contribution >= 4 is 15.9 Å². The number of halogens is 2. The number of fused-ring (bicyclic) bond motifs is 1. The van der Waals surface area contributed by atoms with Crippen LogP contribution in [0.1, 0.15) is 15.9 Å². The minimum absolute atomic E-state index is 0.0509. The average molecular weight is 339 g/mol. The Hall–Kier alpha value is -2.48. The third-order valence-corrected chi connectivity index (χ3v) is 5.15. The van der Waals surface area contributed by atoms with Crippen molar-refractivity contribution in [3.63, 3.8) is 0 Å². The first kappa shape index (κ1) is 15.4. The van der Waals surface area contributed by atoms with Gasteiger partial charge in [0.25, 0.3) is 15.9 Å². The number of carbonyl (C=O) groups excluding carboxylic acids is 1. The van der Waals surface area contributed by atoms with Gasteiger partial charge >= 0.3 is 6.61 Å². The molecule has 0 aliphatic carbocycles. The molecule has 2 aromatic carbocycles. The molecule has 120 valence electrons. The summed E-state index contributed by atoms with van der Waals surface area (Å²) in [7, 11) is -3.93. The largest absolute Gasteiger partial charge is 0.435 e. The van der Waals surface area contributed by atoms with Crippen molar-refractivity contribution < 1.29 is 26.7 Å². The highest BCUT2D eigenvalue weighted by atomic mass is 32.2. The number of hydrogen-bond acceptors (Lipinski definition) is 4. The Morgan fingerprint density at radius 1 is 1.09 bits per heavy atom. The average Bonchev–Trinajstić information content (AvgIpc) is 2.69. The number of alkyl halides is 2. The van der Waals surface area contributed by atoms with Crippen molar-refractivity contribution in [2.45, 2.75) is 18.1 Å². The van der Waals surface area contributed by atoms with Crippen LogP contribution >= 0.6 is 0 Å². The van der Waals surface area contributed by atoms with Gasteiger partial charge in [-0.3, -0.25) is 4.79 Å². The van der Waals surface area contributed by atoms with Crippen molar-refractivity contribution in [2.75, 3.05) is 0 Å². The first-order valence-corrected chi connectivity index (χ1v) is 8.03. The summed E-state index contributed by atoms with van der Waals surface area (Å²) in [4.78, 5) is 12.2. The molecule has 3 rings (SSSR count). The van der Waals surface area contributed by atoms with E-state index in [1.807, 2.05) is 0 Å². The maximum atomic E-state index is 12.4. The summed E-state index contributed by atoms with van der Waals surface area (Å²) in [6.07, 6.45) is 0. The molecule has 0 N–H and O–H groups in total. The van der Waals surface area contributed by atoms with Crippen molar-refractivity contribution in [3.8, 4) is 5.75 Å². The topological polar surface area (TPSA) is 63.7 Å². The van der Waals surface area contributed by atoms with Crippen LogP contribution in [0.2, 0.25) is 0 Å². The van der Waals surface area contributed by atoms with E-state index in [0.717, 1.165) is 4.31 Å². The van der Waals surface area contributed by atoms with Crippen LogP contribution in [0.5, 0.6) is 5.75 Å². The van der Waals surface area contributed by atoms with E-state index in [9.17, 15) is 22.0 Å². The summed E-state index contributed by atoms with van der Waals surface area (Å²) >= 11 is 0. The van der Waals surface area contributed by atoms with Crippen molar-refractivity contribution in [1.29, 1.82) is 0 Å². The molecular weight excluding hydrogens is 328 g/mol. The second kappa shape index (κ2) is 5.62. The van der Waals surface area contributed by atoms with Crippen LogP contribution in [0, 0.1) is 0 Å². The quantitative estimate of drug-likeness (QED) is 0.859. The lowest BCUT2D eigenvalue weighted by Gasteiger charge is -2.15. The fourth-order valence-corrected chi connectivity index (χ4v) is 3.93. The van der Waals surface area contributed by atoms with E-state index in [-0.39, 0.29) is 22.8 Å². The summed E-state index contributed by atoms with van der Waals surface area (Å²) in [6, 6.07) is 11.5. The second-order valence-electron chi connectivity index (χ2n) is 4.84. The van der Waals surface area contributed by atoms with Gasteiger partial charge in [0.2, 0.25) is 0 Å². The summed E-state index contributed by atoms with van der Waals surface area (Å²) in [5.74, 6) is -0.736. The third-order valence-electron chi connectivity index (χ3n) is 3.36. The van der Waals surface area contributed by atoms with E-state index in [0.29, 0.717) is 5.56 Å². The molecule has 1 amide bonds. The fourth-order valence-electron chi connectivity index (χ4n) is 2.37. The predicted octanol–water partition coefficient (Wildman–Crippen LogP) is 2.63. The van der Waals surface area contributed by atoms with E-state index in [1.165, 1.54) is 42.5 Å². The molecule has 1 aliphatic heterocycles. The Morgan fingerprint density at radius 3 is 2.52 bits per heavy atom. The second-order valence-corrected chi connectivity index (χ2v) is 6.67. The zero-order valence-corrected chi connectivity index (χ0v) is 12.5. The summed E-state index contributed by atoms with van der Waals surface area (Å²) in [5, 5.41) is 0. The van der Waals surface area contributed by atoms with Crippen molar-refractivity contribution in [1.82, 2.24) is 4.31 Å². The lowest BCUT2D eigenvalue weighted by Crippen LogP contribution is -2.29. The summed E-state index contributed by atoms with van der Waals surface area (Å²) in [6.45, 7) is -3.23. The van der Waals surface area contributed by atoms with Gasteiger partial charge in [0.15, 0.2) is 0 Å². The number of amides is 1. The number of ether oxygens (including phenoxy) is 1. The molecule has 0 bridgehead atoms. The van der Waals surface area contributed by atoms with Gasteiger partial charge in [0.1, 0.15) is 10.6 Å². The van der Waals surface area contributed by atoms with Crippen LogP contribution in [0.15, 0.2) is 53.4 Å². The molecule has 0 aromatic heterocycles. The van der Waals surface area contributed by atoms with Crippen LogP contribution < -0.4 is 4.74 Å². The summed E-state index contributed by atoms with van der Waals surface area (Å²) < 4.78 is 54.3. The lowest BCUT2D eigenvalue weighted by atomic mass is 10.2. The van der Waals surface area contributed by atoms with Crippen LogP contribution in [0.3, 0.4) is 0 Å². The molecule has 0 unspecified atom stereocenters. The van der Waals surface area contributed by atoms with E-state index in [4.69, 9.17) is 0 Å². The lowest BCUT2D eigenvalue weighted by molar-refractivity contribution is -0.0499. The minimum atomic E-state index is -3.93. The molecule has 23 heavy (non-hydrogen) atoms. The number of nitrogens with zero attached hydrogens (tertiary/aromatic N) is 1. The standard InChI is InChI=1S/C15H11F2NO4S/c16-15(17)22-11-5-3-4-10(8-11)9-18-14(19)12-6-1-2-7-13(12)23(18,20)21/h1-8,15H,9H2. The summed E-state index contributed by atoms with van der Waals surface area (Å²) in [5.41, 5.74) is 0.473. The molecule has 2 aromatic rings. The van der Waals surface area contributed by atoms with Crippen molar-refractivity contribution in [3.05, 3.63) is 59.7 Å². The van der Waals surface area contributed by atoms with Gasteiger partial charge in [-0.25, -0.2) is 12.7 Å².